The number of aryl methyl sites for hydroxylation is 1. The number of benzene rings is 1. The predicted octanol–water partition coefficient (Wildman–Crippen LogP) is 5.41. The summed E-state index contributed by atoms with van der Waals surface area (Å²) in [6.45, 7) is 1.88. The van der Waals surface area contributed by atoms with Crippen molar-refractivity contribution in [1.29, 1.82) is 0 Å². The van der Waals surface area contributed by atoms with E-state index in [-0.39, 0.29) is 16.4 Å². The zero-order valence-electron chi connectivity index (χ0n) is 10.8. The van der Waals surface area contributed by atoms with Crippen LogP contribution in [0.3, 0.4) is 0 Å². The van der Waals surface area contributed by atoms with E-state index in [4.69, 9.17) is 33.5 Å². The second-order valence-electron chi connectivity index (χ2n) is 4.44. The first kappa shape index (κ1) is 14.4. The number of thiophene rings is 1. The van der Waals surface area contributed by atoms with Gasteiger partial charge in [0.05, 0.1) is 20.5 Å². The van der Waals surface area contributed by atoms with Gasteiger partial charge < -0.3 is 10.3 Å². The van der Waals surface area contributed by atoms with Crippen molar-refractivity contribution in [1.82, 2.24) is 5.16 Å². The van der Waals surface area contributed by atoms with Crippen molar-refractivity contribution in [3.05, 3.63) is 45.0 Å². The van der Waals surface area contributed by atoms with E-state index in [0.717, 1.165) is 5.56 Å². The monoisotopic (exact) mass is 342 g/mol. The fourth-order valence-corrected chi connectivity index (χ4v) is 3.43. The molecule has 21 heavy (non-hydrogen) atoms. The molecule has 2 aromatic heterocycles. The van der Waals surface area contributed by atoms with Gasteiger partial charge in [-0.05, 0) is 23.9 Å². The number of hydrogen-bond donors (Lipinski definition) is 1. The molecule has 7 heteroatoms. The number of halogens is 3. The number of aromatic nitrogens is 1. The van der Waals surface area contributed by atoms with E-state index in [9.17, 15) is 4.39 Å². The largest absolute Gasteiger partial charge is 0.380 e. The molecular formula is C14H9Cl2FN2OS. The first-order valence-corrected chi connectivity index (χ1v) is 7.57. The minimum absolute atomic E-state index is 0.00695. The quantitative estimate of drug-likeness (QED) is 0.677. The summed E-state index contributed by atoms with van der Waals surface area (Å²) in [5.74, 6) is -0.134. The van der Waals surface area contributed by atoms with Crippen molar-refractivity contribution < 1.29 is 8.91 Å². The number of nitrogens with two attached hydrogens (primary N) is 1. The zero-order valence-corrected chi connectivity index (χ0v) is 13.1. The topological polar surface area (TPSA) is 52.0 Å². The Balaban J connectivity index is 2.27. The molecule has 0 bridgehead atoms. The van der Waals surface area contributed by atoms with Crippen LogP contribution >= 0.6 is 34.5 Å². The van der Waals surface area contributed by atoms with Gasteiger partial charge in [0.1, 0.15) is 5.82 Å². The molecule has 0 atom stereocenters. The second-order valence-corrected chi connectivity index (χ2v) is 6.10. The molecule has 0 saturated heterocycles. The molecule has 3 nitrogen and oxygen atoms in total. The molecule has 0 spiro atoms. The number of nitrogens with zero attached hydrogens (tertiary/aromatic N) is 1. The molecule has 3 rings (SSSR count). The molecule has 0 unspecified atom stereocenters. The summed E-state index contributed by atoms with van der Waals surface area (Å²) in [4.78, 5) is 0.660. The maximum atomic E-state index is 14.3. The highest BCUT2D eigenvalue weighted by Gasteiger charge is 2.24. The lowest BCUT2D eigenvalue weighted by Crippen LogP contribution is -1.92. The smallest absolute Gasteiger partial charge is 0.188 e. The lowest BCUT2D eigenvalue weighted by molar-refractivity contribution is 0.437. The predicted molar refractivity (Wildman–Crippen MR) is 84.4 cm³/mol. The van der Waals surface area contributed by atoms with Gasteiger partial charge in [-0.25, -0.2) is 4.39 Å². The van der Waals surface area contributed by atoms with Crippen molar-refractivity contribution in [3.8, 4) is 21.8 Å². The van der Waals surface area contributed by atoms with Crippen LogP contribution in [0.15, 0.2) is 28.1 Å². The molecule has 1 aromatic carbocycles. The normalized spacial score (nSPS) is 11.0. The van der Waals surface area contributed by atoms with Gasteiger partial charge >= 0.3 is 0 Å². The van der Waals surface area contributed by atoms with Crippen LogP contribution in [0.2, 0.25) is 10.0 Å². The number of rotatable bonds is 2. The fourth-order valence-electron chi connectivity index (χ4n) is 2.00. The van der Waals surface area contributed by atoms with E-state index in [0.29, 0.717) is 21.2 Å². The van der Waals surface area contributed by atoms with Crippen molar-refractivity contribution in [2.45, 2.75) is 6.92 Å². The highest BCUT2D eigenvalue weighted by molar-refractivity contribution is 7.14. The zero-order chi connectivity index (χ0) is 15.1. The van der Waals surface area contributed by atoms with Crippen molar-refractivity contribution >= 4 is 40.4 Å². The molecule has 2 N–H and O–H groups in total. The summed E-state index contributed by atoms with van der Waals surface area (Å²) in [6.07, 6.45) is 0. The third kappa shape index (κ3) is 2.31. The van der Waals surface area contributed by atoms with Crippen LogP contribution in [-0.4, -0.2) is 5.16 Å². The fraction of sp³-hybridized carbons (Fsp3) is 0.0714. The SMILES string of the molecule is Cc1csc(-c2onc(N)c2-c2cccc(Cl)c2F)c1Cl. The Bertz CT molecular complexity index is 828. The first-order chi connectivity index (χ1) is 10.0. The summed E-state index contributed by atoms with van der Waals surface area (Å²) >= 11 is 13.5. The maximum Gasteiger partial charge on any atom is 0.188 e. The minimum atomic E-state index is -0.570. The Morgan fingerprint density at radius 2 is 2.10 bits per heavy atom. The molecule has 3 aromatic rings. The van der Waals surface area contributed by atoms with Crippen LogP contribution in [0.4, 0.5) is 10.2 Å². The molecule has 0 saturated carbocycles. The second kappa shape index (κ2) is 5.33. The van der Waals surface area contributed by atoms with Crippen LogP contribution in [0, 0.1) is 12.7 Å². The summed E-state index contributed by atoms with van der Waals surface area (Å²) in [5, 5.41) is 6.16. The molecule has 0 aliphatic rings. The summed E-state index contributed by atoms with van der Waals surface area (Å²) in [5.41, 5.74) is 7.33. The molecule has 0 aliphatic heterocycles. The van der Waals surface area contributed by atoms with Crippen molar-refractivity contribution in [2.24, 2.45) is 0 Å². The van der Waals surface area contributed by atoms with E-state index in [1.54, 1.807) is 12.1 Å². The van der Waals surface area contributed by atoms with Crippen LogP contribution in [0.5, 0.6) is 0 Å². The average Bonchev–Trinajstić information content (AvgIpc) is 2.98. The van der Waals surface area contributed by atoms with Gasteiger partial charge in [-0.2, -0.15) is 0 Å². The number of anilines is 1. The molecule has 0 fully saturated rings. The van der Waals surface area contributed by atoms with Gasteiger partial charge in [0.15, 0.2) is 11.6 Å². The Morgan fingerprint density at radius 1 is 1.33 bits per heavy atom. The van der Waals surface area contributed by atoms with E-state index in [1.807, 2.05) is 12.3 Å². The minimum Gasteiger partial charge on any atom is -0.380 e. The van der Waals surface area contributed by atoms with E-state index >= 15 is 0 Å². The van der Waals surface area contributed by atoms with Gasteiger partial charge in [-0.15, -0.1) is 11.3 Å². The van der Waals surface area contributed by atoms with Crippen LogP contribution in [-0.2, 0) is 0 Å². The molecule has 108 valence electrons. The van der Waals surface area contributed by atoms with Crippen molar-refractivity contribution in [2.75, 3.05) is 5.73 Å². The molecule has 2 heterocycles. The van der Waals surface area contributed by atoms with Gasteiger partial charge in [-0.3, -0.25) is 0 Å². The maximum absolute atomic E-state index is 14.3. The van der Waals surface area contributed by atoms with E-state index in [1.165, 1.54) is 17.4 Å². The Kier molecular flexibility index (Phi) is 3.65. The van der Waals surface area contributed by atoms with Gasteiger partial charge in [0.25, 0.3) is 0 Å². The van der Waals surface area contributed by atoms with Crippen LogP contribution in [0.1, 0.15) is 5.56 Å². The molecular weight excluding hydrogens is 334 g/mol. The lowest BCUT2D eigenvalue weighted by atomic mass is 10.0. The third-order valence-electron chi connectivity index (χ3n) is 3.04. The number of nitrogen functional groups attached to an aromatic ring is 1. The van der Waals surface area contributed by atoms with E-state index < -0.39 is 5.82 Å². The first-order valence-electron chi connectivity index (χ1n) is 5.94. The Labute approximate surface area is 134 Å². The lowest BCUT2D eigenvalue weighted by Gasteiger charge is -2.05. The molecule has 0 amide bonds. The highest BCUT2D eigenvalue weighted by atomic mass is 35.5. The molecule has 0 radical (unpaired) electrons. The van der Waals surface area contributed by atoms with Gasteiger partial charge in [-0.1, -0.05) is 40.5 Å². The van der Waals surface area contributed by atoms with Crippen LogP contribution < -0.4 is 5.73 Å². The average molecular weight is 343 g/mol. The molecule has 0 aliphatic carbocycles. The van der Waals surface area contributed by atoms with Gasteiger partial charge in [0, 0.05) is 5.56 Å². The highest BCUT2D eigenvalue weighted by Crippen LogP contribution is 2.44. The summed E-state index contributed by atoms with van der Waals surface area (Å²) < 4.78 is 19.5. The summed E-state index contributed by atoms with van der Waals surface area (Å²) in [6, 6.07) is 4.67. The van der Waals surface area contributed by atoms with E-state index in [2.05, 4.69) is 5.16 Å². The third-order valence-corrected chi connectivity index (χ3v) is 5.03. The summed E-state index contributed by atoms with van der Waals surface area (Å²) in [7, 11) is 0. The van der Waals surface area contributed by atoms with Gasteiger partial charge in [0.2, 0.25) is 0 Å². The Hall–Kier alpha value is -1.56. The standard InChI is InChI=1S/C14H9Cl2FN2OS/c1-6-5-21-13(10(6)16)12-9(14(18)19-20-12)7-3-2-4-8(15)11(7)17/h2-5H,1H3,(H2,18,19). The van der Waals surface area contributed by atoms with Crippen molar-refractivity contribution in [3.63, 3.8) is 0 Å². The van der Waals surface area contributed by atoms with Crippen LogP contribution in [0.25, 0.3) is 21.8 Å². The number of hydrogen-bond acceptors (Lipinski definition) is 4. The Morgan fingerprint density at radius 3 is 2.76 bits per heavy atom.